The zero-order chi connectivity index (χ0) is 13.2. The molecule has 3 N–H and O–H groups in total. The molecule has 0 amide bonds. The topological polar surface area (TPSA) is 55.9 Å². The normalized spacial score (nSPS) is 12.8. The maximum absolute atomic E-state index is 5.61. The van der Waals surface area contributed by atoms with Crippen molar-refractivity contribution in [2.75, 3.05) is 0 Å². The molecule has 0 saturated carbocycles. The maximum Gasteiger partial charge on any atom is 0.108 e. The largest absolute Gasteiger partial charge is 0.338 e. The zero-order valence-corrected chi connectivity index (χ0v) is 11.9. The Morgan fingerprint density at radius 3 is 2.67 bits per heavy atom. The number of hydrazine groups is 1. The van der Waals surface area contributed by atoms with Crippen molar-refractivity contribution >= 4 is 0 Å². The van der Waals surface area contributed by atoms with Gasteiger partial charge in [-0.3, -0.25) is 11.3 Å². The van der Waals surface area contributed by atoms with E-state index in [1.807, 2.05) is 19.4 Å². The summed E-state index contributed by atoms with van der Waals surface area (Å²) in [6.07, 6.45) is 13.7. The SMILES string of the molecule is CCCCCCCC(CCc1nccn1C)NN. The van der Waals surface area contributed by atoms with E-state index in [-0.39, 0.29) is 0 Å². The van der Waals surface area contributed by atoms with Crippen molar-refractivity contribution in [3.63, 3.8) is 0 Å². The van der Waals surface area contributed by atoms with E-state index in [1.54, 1.807) is 0 Å². The summed E-state index contributed by atoms with van der Waals surface area (Å²) in [5, 5.41) is 0. The molecule has 1 unspecified atom stereocenters. The van der Waals surface area contributed by atoms with E-state index in [0.29, 0.717) is 6.04 Å². The van der Waals surface area contributed by atoms with E-state index >= 15 is 0 Å². The summed E-state index contributed by atoms with van der Waals surface area (Å²) < 4.78 is 2.08. The average molecular weight is 252 g/mol. The number of imidazole rings is 1. The van der Waals surface area contributed by atoms with Crippen LogP contribution >= 0.6 is 0 Å². The molecule has 1 aromatic heterocycles. The van der Waals surface area contributed by atoms with E-state index in [1.165, 1.54) is 38.5 Å². The van der Waals surface area contributed by atoms with Crippen LogP contribution in [-0.4, -0.2) is 15.6 Å². The van der Waals surface area contributed by atoms with Gasteiger partial charge in [-0.25, -0.2) is 4.98 Å². The molecule has 0 aromatic carbocycles. The summed E-state index contributed by atoms with van der Waals surface area (Å²) in [6.45, 7) is 2.25. The molecule has 0 radical (unpaired) electrons. The third-order valence-corrected chi connectivity index (χ3v) is 3.53. The predicted octanol–water partition coefficient (Wildman–Crippen LogP) is 2.55. The standard InChI is InChI=1S/C14H28N4/c1-3-4-5-6-7-8-13(17-15)9-10-14-16-11-12-18(14)2/h11-13,17H,3-10,15H2,1-2H3. The van der Waals surface area contributed by atoms with Crippen LogP contribution in [0, 0.1) is 0 Å². The summed E-state index contributed by atoms with van der Waals surface area (Å²) in [5.41, 5.74) is 2.94. The lowest BCUT2D eigenvalue weighted by Gasteiger charge is -2.15. The van der Waals surface area contributed by atoms with E-state index in [9.17, 15) is 0 Å². The molecule has 104 valence electrons. The molecule has 1 aromatic rings. The summed E-state index contributed by atoms with van der Waals surface area (Å²) in [4.78, 5) is 4.34. The lowest BCUT2D eigenvalue weighted by atomic mass is 10.0. The van der Waals surface area contributed by atoms with Gasteiger partial charge in [-0.2, -0.15) is 0 Å². The first-order valence-electron chi connectivity index (χ1n) is 7.20. The highest BCUT2D eigenvalue weighted by Gasteiger charge is 2.08. The van der Waals surface area contributed by atoms with Crippen LogP contribution < -0.4 is 11.3 Å². The predicted molar refractivity (Wildman–Crippen MR) is 76.0 cm³/mol. The second-order valence-corrected chi connectivity index (χ2v) is 5.06. The molecule has 0 bridgehead atoms. The molecule has 4 heteroatoms. The van der Waals surface area contributed by atoms with E-state index in [2.05, 4.69) is 21.9 Å². The minimum atomic E-state index is 0.420. The molecule has 1 heterocycles. The van der Waals surface area contributed by atoms with Crippen LogP contribution in [0.15, 0.2) is 12.4 Å². The van der Waals surface area contributed by atoms with Crippen molar-refractivity contribution in [1.82, 2.24) is 15.0 Å². The van der Waals surface area contributed by atoms with Gasteiger partial charge in [0.1, 0.15) is 5.82 Å². The fraction of sp³-hybridized carbons (Fsp3) is 0.786. The third-order valence-electron chi connectivity index (χ3n) is 3.53. The molecule has 0 aliphatic carbocycles. The van der Waals surface area contributed by atoms with E-state index in [4.69, 9.17) is 5.84 Å². The highest BCUT2D eigenvalue weighted by Crippen LogP contribution is 2.10. The third kappa shape index (κ3) is 5.65. The van der Waals surface area contributed by atoms with Gasteiger partial charge in [0.25, 0.3) is 0 Å². The number of hydrogen-bond donors (Lipinski definition) is 2. The van der Waals surface area contributed by atoms with Crippen LogP contribution in [0.5, 0.6) is 0 Å². The Bertz CT molecular complexity index is 308. The van der Waals surface area contributed by atoms with Gasteiger partial charge in [-0.15, -0.1) is 0 Å². The molecule has 1 atom stereocenters. The van der Waals surface area contributed by atoms with Gasteiger partial charge in [0, 0.05) is 31.9 Å². The van der Waals surface area contributed by atoms with Crippen molar-refractivity contribution in [3.8, 4) is 0 Å². The van der Waals surface area contributed by atoms with Gasteiger partial charge in [0.15, 0.2) is 0 Å². The number of rotatable bonds is 10. The Kier molecular flexibility index (Phi) is 7.69. The molecule has 0 saturated heterocycles. The smallest absolute Gasteiger partial charge is 0.108 e. The first-order chi connectivity index (χ1) is 8.77. The highest BCUT2D eigenvalue weighted by molar-refractivity contribution is 4.91. The molecule has 1 rings (SSSR count). The van der Waals surface area contributed by atoms with Crippen molar-refractivity contribution in [1.29, 1.82) is 0 Å². The van der Waals surface area contributed by atoms with Gasteiger partial charge < -0.3 is 4.57 Å². The fourth-order valence-corrected chi connectivity index (χ4v) is 2.25. The monoisotopic (exact) mass is 252 g/mol. The lowest BCUT2D eigenvalue weighted by molar-refractivity contribution is 0.434. The maximum atomic E-state index is 5.61. The van der Waals surface area contributed by atoms with Gasteiger partial charge in [0.05, 0.1) is 0 Å². The van der Waals surface area contributed by atoms with Crippen LogP contribution in [0.1, 0.15) is 57.7 Å². The van der Waals surface area contributed by atoms with Gasteiger partial charge in [-0.05, 0) is 12.8 Å². The lowest BCUT2D eigenvalue weighted by Crippen LogP contribution is -2.35. The molecular formula is C14H28N4. The Balaban J connectivity index is 2.15. The van der Waals surface area contributed by atoms with Crippen molar-refractivity contribution in [2.45, 2.75) is 64.3 Å². The quantitative estimate of drug-likeness (QED) is 0.382. The number of nitrogens with one attached hydrogen (secondary N) is 1. The van der Waals surface area contributed by atoms with Crippen molar-refractivity contribution in [3.05, 3.63) is 18.2 Å². The Morgan fingerprint density at radius 2 is 2.06 bits per heavy atom. The summed E-state index contributed by atoms with van der Waals surface area (Å²) in [5.74, 6) is 6.75. The Labute approximate surface area is 111 Å². The molecule has 0 aliphatic rings. The second-order valence-electron chi connectivity index (χ2n) is 5.06. The summed E-state index contributed by atoms with van der Waals surface area (Å²) in [6, 6.07) is 0.420. The summed E-state index contributed by atoms with van der Waals surface area (Å²) >= 11 is 0. The molecule has 0 spiro atoms. The average Bonchev–Trinajstić information content (AvgIpc) is 2.78. The van der Waals surface area contributed by atoms with Gasteiger partial charge in [0.2, 0.25) is 0 Å². The van der Waals surface area contributed by atoms with Crippen molar-refractivity contribution in [2.24, 2.45) is 12.9 Å². The molecule has 0 fully saturated rings. The molecule has 18 heavy (non-hydrogen) atoms. The van der Waals surface area contributed by atoms with E-state index < -0.39 is 0 Å². The Hall–Kier alpha value is -0.870. The van der Waals surface area contributed by atoms with Gasteiger partial charge >= 0.3 is 0 Å². The zero-order valence-electron chi connectivity index (χ0n) is 11.9. The minimum Gasteiger partial charge on any atom is -0.338 e. The van der Waals surface area contributed by atoms with Crippen LogP contribution in [0.2, 0.25) is 0 Å². The number of nitrogens with two attached hydrogens (primary N) is 1. The number of unbranched alkanes of at least 4 members (excludes halogenated alkanes) is 4. The first kappa shape index (κ1) is 15.2. The first-order valence-corrected chi connectivity index (χ1v) is 7.20. The van der Waals surface area contributed by atoms with Crippen LogP contribution in [0.4, 0.5) is 0 Å². The number of hydrogen-bond acceptors (Lipinski definition) is 3. The number of aryl methyl sites for hydroxylation is 2. The van der Waals surface area contributed by atoms with Gasteiger partial charge in [-0.1, -0.05) is 39.0 Å². The number of aromatic nitrogens is 2. The highest BCUT2D eigenvalue weighted by atomic mass is 15.2. The van der Waals surface area contributed by atoms with E-state index in [0.717, 1.165) is 18.7 Å². The summed E-state index contributed by atoms with van der Waals surface area (Å²) in [7, 11) is 2.04. The fourth-order valence-electron chi connectivity index (χ4n) is 2.25. The molecular weight excluding hydrogens is 224 g/mol. The second kappa shape index (κ2) is 9.11. The molecule has 0 aliphatic heterocycles. The van der Waals surface area contributed by atoms with Crippen LogP contribution in [-0.2, 0) is 13.5 Å². The number of nitrogens with zero attached hydrogens (tertiary/aromatic N) is 2. The van der Waals surface area contributed by atoms with Crippen LogP contribution in [0.25, 0.3) is 0 Å². The minimum absolute atomic E-state index is 0.420. The van der Waals surface area contributed by atoms with Crippen molar-refractivity contribution < 1.29 is 0 Å². The van der Waals surface area contributed by atoms with Crippen LogP contribution in [0.3, 0.4) is 0 Å². The Morgan fingerprint density at radius 1 is 1.28 bits per heavy atom. The molecule has 4 nitrogen and oxygen atoms in total.